The molecule has 1 aliphatic carbocycles. The van der Waals surface area contributed by atoms with Crippen molar-refractivity contribution >= 4 is 27.6 Å². The molecule has 0 saturated carbocycles. The molecule has 3 heteroatoms. The Morgan fingerprint density at radius 1 is 0.912 bits per heavy atom. The Kier molecular flexibility index (Phi) is 5.89. The monoisotopic (exact) mass is 451 g/mol. The van der Waals surface area contributed by atoms with Crippen LogP contribution in [0.5, 0.6) is 0 Å². The summed E-state index contributed by atoms with van der Waals surface area (Å²) in [6, 6.07) is 23.8. The van der Waals surface area contributed by atoms with Crippen molar-refractivity contribution in [1.82, 2.24) is 4.98 Å². The van der Waals surface area contributed by atoms with Gasteiger partial charge in [-0.15, -0.1) is 0 Å². The molecule has 34 heavy (non-hydrogen) atoms. The number of rotatable bonds is 7. The Hall–Kier alpha value is -3.20. The second kappa shape index (κ2) is 8.87. The fraction of sp³-hybridized carbons (Fsp3) is 0.355. The first kappa shape index (κ1) is 22.6. The van der Waals surface area contributed by atoms with E-state index >= 15 is 0 Å². The maximum Gasteiger partial charge on any atom is 0.308 e. The lowest BCUT2D eigenvalue weighted by atomic mass is 9.67. The van der Waals surface area contributed by atoms with Crippen LogP contribution >= 0.6 is 0 Å². The third-order valence-electron chi connectivity index (χ3n) is 7.66. The molecule has 0 bridgehead atoms. The van der Waals surface area contributed by atoms with Gasteiger partial charge in [0, 0.05) is 16.4 Å². The van der Waals surface area contributed by atoms with Crippen molar-refractivity contribution in [2.45, 2.75) is 52.4 Å². The van der Waals surface area contributed by atoms with Crippen molar-refractivity contribution in [2.24, 2.45) is 11.8 Å². The number of carbonyl (C=O) groups is 1. The Morgan fingerprint density at radius 2 is 1.65 bits per heavy atom. The molecule has 3 aromatic carbocycles. The maximum absolute atomic E-state index is 12.8. The number of hydrogen-bond acceptors (Lipinski definition) is 3. The van der Waals surface area contributed by atoms with Gasteiger partial charge in [-0.3, -0.25) is 4.79 Å². The number of aromatic nitrogens is 1. The summed E-state index contributed by atoms with van der Waals surface area (Å²) < 4.78 is 5.45. The van der Waals surface area contributed by atoms with E-state index in [1.165, 1.54) is 27.5 Å². The van der Waals surface area contributed by atoms with Crippen molar-refractivity contribution in [3.63, 3.8) is 0 Å². The van der Waals surface area contributed by atoms with Crippen molar-refractivity contribution in [1.29, 1.82) is 0 Å². The molecule has 3 atom stereocenters. The Morgan fingerprint density at radius 3 is 2.41 bits per heavy atom. The molecule has 1 aromatic heterocycles. The summed E-state index contributed by atoms with van der Waals surface area (Å²) >= 11 is 0. The van der Waals surface area contributed by atoms with Gasteiger partial charge in [0.25, 0.3) is 0 Å². The number of hydrogen-bond donors (Lipinski definition) is 0. The fourth-order valence-corrected chi connectivity index (χ4v) is 5.89. The minimum atomic E-state index is -0.284. The number of carbonyl (C=O) groups excluding carboxylic acids is 1. The van der Waals surface area contributed by atoms with Crippen LogP contribution in [0.2, 0.25) is 0 Å². The number of nitrogens with zero attached hydrogens (tertiary/aromatic N) is 1. The lowest BCUT2D eigenvalue weighted by Gasteiger charge is -2.36. The first-order valence-electron chi connectivity index (χ1n) is 12.6. The molecule has 0 spiro atoms. The first-order valence-corrected chi connectivity index (χ1v) is 12.6. The molecule has 0 saturated heterocycles. The summed E-state index contributed by atoms with van der Waals surface area (Å²) in [7, 11) is 0. The molecule has 0 radical (unpaired) electrons. The molecule has 0 aliphatic heterocycles. The summed E-state index contributed by atoms with van der Waals surface area (Å²) in [5, 5.41) is 3.61. The zero-order chi connectivity index (χ0) is 23.9. The van der Waals surface area contributed by atoms with Crippen molar-refractivity contribution in [3.05, 3.63) is 77.9 Å². The van der Waals surface area contributed by atoms with Crippen molar-refractivity contribution in [3.8, 4) is 11.3 Å². The lowest BCUT2D eigenvalue weighted by molar-refractivity contribution is -0.148. The summed E-state index contributed by atoms with van der Waals surface area (Å²) in [5.74, 6) is 0.183. The zero-order valence-corrected chi connectivity index (χ0v) is 20.6. The number of para-hydroxylation sites is 1. The number of fused-ring (bicyclic) bond motifs is 6. The topological polar surface area (TPSA) is 39.2 Å². The number of benzene rings is 3. The normalized spacial score (nSPS) is 18.5. The molecule has 1 heterocycles. The number of esters is 1. The predicted molar refractivity (Wildman–Crippen MR) is 140 cm³/mol. The van der Waals surface area contributed by atoms with E-state index in [1.54, 1.807) is 0 Å². The predicted octanol–water partition coefficient (Wildman–Crippen LogP) is 7.68. The van der Waals surface area contributed by atoms with E-state index in [2.05, 4.69) is 80.6 Å². The van der Waals surface area contributed by atoms with Crippen LogP contribution < -0.4 is 0 Å². The van der Waals surface area contributed by atoms with Gasteiger partial charge in [0.2, 0.25) is 0 Å². The van der Waals surface area contributed by atoms with Gasteiger partial charge in [-0.25, -0.2) is 4.98 Å². The highest BCUT2D eigenvalue weighted by Crippen LogP contribution is 2.56. The van der Waals surface area contributed by atoms with Crippen LogP contribution in [0.25, 0.3) is 32.9 Å². The highest BCUT2D eigenvalue weighted by atomic mass is 16.5. The van der Waals surface area contributed by atoms with Crippen LogP contribution in [0.3, 0.4) is 0 Å². The average molecular weight is 452 g/mol. The molecule has 5 rings (SSSR count). The van der Waals surface area contributed by atoms with Crippen LogP contribution in [0.4, 0.5) is 0 Å². The van der Waals surface area contributed by atoms with E-state index in [0.717, 1.165) is 29.4 Å². The van der Waals surface area contributed by atoms with Gasteiger partial charge < -0.3 is 4.74 Å². The second-order valence-electron chi connectivity index (χ2n) is 9.94. The van der Waals surface area contributed by atoms with Crippen LogP contribution in [0.1, 0.15) is 58.1 Å². The second-order valence-corrected chi connectivity index (χ2v) is 9.94. The Labute approximate surface area is 202 Å². The molecule has 0 amide bonds. The fourth-order valence-electron chi connectivity index (χ4n) is 5.89. The zero-order valence-electron chi connectivity index (χ0n) is 20.6. The first-order chi connectivity index (χ1) is 16.5. The minimum Gasteiger partial charge on any atom is -0.466 e. The largest absolute Gasteiger partial charge is 0.466 e. The third-order valence-corrected chi connectivity index (χ3v) is 7.66. The Balaban J connectivity index is 1.83. The Bertz CT molecular complexity index is 1370. The van der Waals surface area contributed by atoms with Crippen molar-refractivity contribution < 1.29 is 9.53 Å². The van der Waals surface area contributed by atoms with Gasteiger partial charge in [0.15, 0.2) is 0 Å². The molecule has 1 aliphatic rings. The highest BCUT2D eigenvalue weighted by Gasteiger charge is 2.47. The number of ether oxygens (including phenoxy) is 1. The van der Waals surface area contributed by atoms with Gasteiger partial charge in [-0.2, -0.15) is 0 Å². The number of pyridine rings is 1. The van der Waals surface area contributed by atoms with E-state index in [0.29, 0.717) is 18.9 Å². The smallest absolute Gasteiger partial charge is 0.308 e. The third kappa shape index (κ3) is 3.58. The summed E-state index contributed by atoms with van der Waals surface area (Å²) in [5.41, 5.74) is 5.60. The summed E-state index contributed by atoms with van der Waals surface area (Å²) in [4.78, 5) is 18.1. The molecule has 0 fully saturated rings. The summed E-state index contributed by atoms with van der Waals surface area (Å²) in [6.07, 6.45) is 2.79. The lowest BCUT2D eigenvalue weighted by Crippen LogP contribution is -2.33. The van der Waals surface area contributed by atoms with Gasteiger partial charge in [-0.1, -0.05) is 81.8 Å². The standard InChI is InChI=1S/C31H33NO2/c1-5-20(3)18-31(19-21(4)30(33)34-6-2)25-16-15-22-11-7-9-13-24(22)28(25)29-26(31)17-23-12-8-10-14-27(23)32-29/h7-17,20-21H,5-6,18-19H2,1-4H3/t20-,21+,31?/m1/s1. The molecular formula is C31H33NO2. The molecule has 0 N–H and O–H groups in total. The van der Waals surface area contributed by atoms with Gasteiger partial charge in [0.1, 0.15) is 0 Å². The van der Waals surface area contributed by atoms with Crippen LogP contribution in [-0.2, 0) is 14.9 Å². The molecule has 4 aromatic rings. The van der Waals surface area contributed by atoms with Gasteiger partial charge >= 0.3 is 5.97 Å². The van der Waals surface area contributed by atoms with Crippen LogP contribution in [0.15, 0.2) is 66.7 Å². The highest BCUT2D eigenvalue weighted by molar-refractivity contribution is 6.03. The van der Waals surface area contributed by atoms with E-state index in [1.807, 2.05) is 13.8 Å². The molecule has 1 unspecified atom stereocenters. The van der Waals surface area contributed by atoms with Gasteiger partial charge in [-0.05, 0) is 59.7 Å². The van der Waals surface area contributed by atoms with Crippen molar-refractivity contribution in [2.75, 3.05) is 6.61 Å². The van der Waals surface area contributed by atoms with E-state index in [-0.39, 0.29) is 17.3 Å². The maximum atomic E-state index is 12.8. The SMILES string of the molecule is CCOC(=O)[C@@H](C)CC1(C[C@H](C)CC)c2cc3ccccc3nc2-c2c1ccc1ccccc21. The average Bonchev–Trinajstić information content (AvgIpc) is 3.11. The van der Waals surface area contributed by atoms with E-state index in [4.69, 9.17) is 9.72 Å². The van der Waals surface area contributed by atoms with Gasteiger partial charge in [0.05, 0.1) is 23.7 Å². The quantitative estimate of drug-likeness (QED) is 0.271. The van der Waals surface area contributed by atoms with Crippen LogP contribution in [-0.4, -0.2) is 17.6 Å². The summed E-state index contributed by atoms with van der Waals surface area (Å²) in [6.45, 7) is 8.88. The van der Waals surface area contributed by atoms with E-state index in [9.17, 15) is 4.79 Å². The molecule has 3 nitrogen and oxygen atoms in total. The minimum absolute atomic E-state index is 0.115. The van der Waals surface area contributed by atoms with E-state index < -0.39 is 0 Å². The molecular weight excluding hydrogens is 418 g/mol. The van der Waals surface area contributed by atoms with Crippen LogP contribution in [0, 0.1) is 11.8 Å². The molecule has 174 valence electrons.